The van der Waals surface area contributed by atoms with Gasteiger partial charge in [-0.15, -0.1) is 0 Å². The molecule has 1 heterocycles. The van der Waals surface area contributed by atoms with E-state index < -0.39 is 0 Å². The van der Waals surface area contributed by atoms with Gasteiger partial charge in [-0.1, -0.05) is 0 Å². The zero-order valence-electron chi connectivity index (χ0n) is 10.4. The quantitative estimate of drug-likeness (QED) is 0.854. The van der Waals surface area contributed by atoms with E-state index in [1.54, 1.807) is 42.6 Å². The lowest BCUT2D eigenvalue weighted by molar-refractivity contribution is 0.102. The SMILES string of the molecule is NCCOc1ccc(NC(=O)c2cccnc2)cc1. The molecule has 2 rings (SSSR count). The second kappa shape index (κ2) is 6.51. The van der Waals surface area contributed by atoms with Gasteiger partial charge in [0.1, 0.15) is 12.4 Å². The number of nitrogens with zero attached hydrogens (tertiary/aromatic N) is 1. The van der Waals surface area contributed by atoms with Crippen LogP contribution in [0.4, 0.5) is 5.69 Å². The van der Waals surface area contributed by atoms with Gasteiger partial charge in [-0.05, 0) is 36.4 Å². The van der Waals surface area contributed by atoms with E-state index in [1.165, 1.54) is 6.20 Å². The van der Waals surface area contributed by atoms with Crippen molar-refractivity contribution in [2.45, 2.75) is 0 Å². The van der Waals surface area contributed by atoms with Gasteiger partial charge in [-0.3, -0.25) is 9.78 Å². The van der Waals surface area contributed by atoms with Gasteiger partial charge in [-0.25, -0.2) is 0 Å². The molecule has 5 nitrogen and oxygen atoms in total. The van der Waals surface area contributed by atoms with Crippen molar-refractivity contribution in [2.24, 2.45) is 5.73 Å². The molecule has 0 bridgehead atoms. The number of hydrogen-bond acceptors (Lipinski definition) is 4. The van der Waals surface area contributed by atoms with Crippen LogP contribution in [0.5, 0.6) is 5.75 Å². The number of pyridine rings is 1. The molecule has 0 spiro atoms. The Balaban J connectivity index is 1.98. The van der Waals surface area contributed by atoms with Crippen LogP contribution in [0.3, 0.4) is 0 Å². The number of ether oxygens (including phenoxy) is 1. The Bertz CT molecular complexity index is 526. The molecule has 1 amide bonds. The Labute approximate surface area is 111 Å². The van der Waals surface area contributed by atoms with Crippen LogP contribution in [-0.2, 0) is 0 Å². The first-order valence-corrected chi connectivity index (χ1v) is 5.94. The number of nitrogens with two attached hydrogens (primary N) is 1. The number of hydrogen-bond donors (Lipinski definition) is 2. The van der Waals surface area contributed by atoms with Gasteiger partial charge >= 0.3 is 0 Å². The smallest absolute Gasteiger partial charge is 0.257 e. The van der Waals surface area contributed by atoms with Crippen LogP contribution in [0.2, 0.25) is 0 Å². The zero-order valence-corrected chi connectivity index (χ0v) is 10.4. The molecule has 0 aliphatic rings. The molecule has 2 aromatic rings. The number of nitrogens with one attached hydrogen (secondary N) is 1. The van der Waals surface area contributed by atoms with Crippen LogP contribution in [0.15, 0.2) is 48.8 Å². The van der Waals surface area contributed by atoms with E-state index in [0.29, 0.717) is 24.4 Å². The van der Waals surface area contributed by atoms with Gasteiger partial charge < -0.3 is 15.8 Å². The lowest BCUT2D eigenvalue weighted by atomic mass is 10.2. The Kier molecular flexibility index (Phi) is 4.47. The molecule has 0 radical (unpaired) electrons. The second-order valence-electron chi connectivity index (χ2n) is 3.86. The summed E-state index contributed by atoms with van der Waals surface area (Å²) in [6.07, 6.45) is 3.15. The van der Waals surface area contributed by atoms with Crippen molar-refractivity contribution in [1.82, 2.24) is 4.98 Å². The number of amides is 1. The molecular formula is C14H15N3O2. The molecule has 5 heteroatoms. The first-order chi connectivity index (χ1) is 9.29. The summed E-state index contributed by atoms with van der Waals surface area (Å²) < 4.78 is 5.35. The van der Waals surface area contributed by atoms with Crippen molar-refractivity contribution in [3.63, 3.8) is 0 Å². The monoisotopic (exact) mass is 257 g/mol. The highest BCUT2D eigenvalue weighted by atomic mass is 16.5. The third-order valence-electron chi connectivity index (χ3n) is 2.42. The number of anilines is 1. The molecule has 3 N–H and O–H groups in total. The molecule has 0 saturated carbocycles. The molecule has 98 valence electrons. The van der Waals surface area contributed by atoms with Crippen LogP contribution in [-0.4, -0.2) is 24.0 Å². The van der Waals surface area contributed by atoms with Gasteiger partial charge in [-0.2, -0.15) is 0 Å². The fraction of sp³-hybridized carbons (Fsp3) is 0.143. The topological polar surface area (TPSA) is 77.2 Å². The number of rotatable bonds is 5. The summed E-state index contributed by atoms with van der Waals surface area (Å²) >= 11 is 0. The standard InChI is InChI=1S/C14H15N3O2/c15-7-9-19-13-5-3-12(4-6-13)17-14(18)11-2-1-8-16-10-11/h1-6,8,10H,7,9,15H2,(H,17,18). The van der Waals surface area contributed by atoms with Gasteiger partial charge in [0.2, 0.25) is 0 Å². The third kappa shape index (κ3) is 3.79. The van der Waals surface area contributed by atoms with E-state index in [2.05, 4.69) is 10.3 Å². The van der Waals surface area contributed by atoms with Crippen molar-refractivity contribution < 1.29 is 9.53 Å². The summed E-state index contributed by atoms with van der Waals surface area (Å²) in [7, 11) is 0. The summed E-state index contributed by atoms with van der Waals surface area (Å²) in [6.45, 7) is 0.945. The molecule has 0 aliphatic carbocycles. The van der Waals surface area contributed by atoms with Crippen molar-refractivity contribution in [2.75, 3.05) is 18.5 Å². The molecule has 1 aromatic carbocycles. The van der Waals surface area contributed by atoms with E-state index in [9.17, 15) is 4.79 Å². The van der Waals surface area contributed by atoms with Crippen LogP contribution >= 0.6 is 0 Å². The number of carbonyl (C=O) groups excluding carboxylic acids is 1. The normalized spacial score (nSPS) is 9.95. The average Bonchev–Trinajstić information content (AvgIpc) is 2.47. The second-order valence-corrected chi connectivity index (χ2v) is 3.86. The maximum atomic E-state index is 11.9. The molecular weight excluding hydrogens is 242 g/mol. The van der Waals surface area contributed by atoms with E-state index in [4.69, 9.17) is 10.5 Å². The number of benzene rings is 1. The minimum absolute atomic E-state index is 0.191. The fourth-order valence-corrected chi connectivity index (χ4v) is 1.51. The van der Waals surface area contributed by atoms with Gasteiger partial charge in [0, 0.05) is 24.6 Å². The van der Waals surface area contributed by atoms with Crippen molar-refractivity contribution in [3.05, 3.63) is 54.4 Å². The van der Waals surface area contributed by atoms with E-state index in [1.807, 2.05) is 0 Å². The maximum absolute atomic E-state index is 11.9. The van der Waals surface area contributed by atoms with E-state index in [0.717, 1.165) is 5.75 Å². The summed E-state index contributed by atoms with van der Waals surface area (Å²) in [4.78, 5) is 15.8. The Morgan fingerprint density at radius 2 is 2.05 bits per heavy atom. The molecule has 0 saturated heterocycles. The summed E-state index contributed by atoms with van der Waals surface area (Å²) in [5, 5.41) is 2.78. The van der Waals surface area contributed by atoms with Crippen LogP contribution in [0.25, 0.3) is 0 Å². The van der Waals surface area contributed by atoms with E-state index >= 15 is 0 Å². The Morgan fingerprint density at radius 3 is 2.68 bits per heavy atom. The molecule has 0 unspecified atom stereocenters. The summed E-state index contributed by atoms with van der Waals surface area (Å²) in [6, 6.07) is 10.6. The highest BCUT2D eigenvalue weighted by Gasteiger charge is 2.05. The van der Waals surface area contributed by atoms with Gasteiger partial charge in [0.25, 0.3) is 5.91 Å². The maximum Gasteiger partial charge on any atom is 0.257 e. The first kappa shape index (κ1) is 13.0. The molecule has 0 atom stereocenters. The lowest BCUT2D eigenvalue weighted by Crippen LogP contribution is -2.12. The largest absolute Gasteiger partial charge is 0.492 e. The average molecular weight is 257 g/mol. The zero-order chi connectivity index (χ0) is 13.5. The fourth-order valence-electron chi connectivity index (χ4n) is 1.51. The molecule has 0 fully saturated rings. The highest BCUT2D eigenvalue weighted by Crippen LogP contribution is 2.16. The summed E-state index contributed by atoms with van der Waals surface area (Å²) in [5.41, 5.74) is 6.57. The predicted octanol–water partition coefficient (Wildman–Crippen LogP) is 1.67. The van der Waals surface area contributed by atoms with Gasteiger partial charge in [0.05, 0.1) is 5.56 Å². The predicted molar refractivity (Wildman–Crippen MR) is 73.2 cm³/mol. The van der Waals surface area contributed by atoms with E-state index in [-0.39, 0.29) is 5.91 Å². The lowest BCUT2D eigenvalue weighted by Gasteiger charge is -2.07. The summed E-state index contributed by atoms with van der Waals surface area (Å²) in [5.74, 6) is 0.536. The highest BCUT2D eigenvalue weighted by molar-refractivity contribution is 6.04. The third-order valence-corrected chi connectivity index (χ3v) is 2.42. The Hall–Kier alpha value is -2.40. The van der Waals surface area contributed by atoms with Gasteiger partial charge in [0.15, 0.2) is 0 Å². The molecule has 1 aromatic heterocycles. The number of aromatic nitrogens is 1. The van der Waals surface area contributed by atoms with Crippen LogP contribution in [0, 0.1) is 0 Å². The van der Waals surface area contributed by atoms with Crippen LogP contribution < -0.4 is 15.8 Å². The van der Waals surface area contributed by atoms with Crippen molar-refractivity contribution in [1.29, 1.82) is 0 Å². The number of carbonyl (C=O) groups is 1. The minimum Gasteiger partial charge on any atom is -0.492 e. The molecule has 19 heavy (non-hydrogen) atoms. The van der Waals surface area contributed by atoms with Crippen molar-refractivity contribution in [3.8, 4) is 5.75 Å². The van der Waals surface area contributed by atoms with Crippen LogP contribution in [0.1, 0.15) is 10.4 Å². The first-order valence-electron chi connectivity index (χ1n) is 5.94. The van der Waals surface area contributed by atoms with Crippen molar-refractivity contribution >= 4 is 11.6 Å². The molecule has 0 aliphatic heterocycles. The Morgan fingerprint density at radius 1 is 1.26 bits per heavy atom. The minimum atomic E-state index is -0.191.